The SMILES string of the molecule is O=C(CCc1ccc(Cl)c(F)c1)NCc1cncc(-c2ccsc2)c1. The van der Waals surface area contributed by atoms with E-state index in [1.54, 1.807) is 23.6 Å². The average Bonchev–Trinajstić information content (AvgIpc) is 3.16. The topological polar surface area (TPSA) is 42.0 Å². The summed E-state index contributed by atoms with van der Waals surface area (Å²) in [5.74, 6) is -0.549. The van der Waals surface area contributed by atoms with Crippen molar-refractivity contribution in [3.63, 3.8) is 0 Å². The molecule has 6 heteroatoms. The van der Waals surface area contributed by atoms with E-state index in [-0.39, 0.29) is 10.9 Å². The highest BCUT2D eigenvalue weighted by Gasteiger charge is 2.06. The number of nitrogens with zero attached hydrogens (tertiary/aromatic N) is 1. The van der Waals surface area contributed by atoms with Crippen LogP contribution in [0.5, 0.6) is 0 Å². The van der Waals surface area contributed by atoms with Gasteiger partial charge in [-0.25, -0.2) is 4.39 Å². The van der Waals surface area contributed by atoms with E-state index in [1.165, 1.54) is 12.1 Å². The molecule has 1 N–H and O–H groups in total. The van der Waals surface area contributed by atoms with Gasteiger partial charge in [0.15, 0.2) is 0 Å². The Hall–Kier alpha value is -2.24. The third-order valence-electron chi connectivity index (χ3n) is 3.76. The van der Waals surface area contributed by atoms with Crippen molar-refractivity contribution in [1.29, 1.82) is 0 Å². The van der Waals surface area contributed by atoms with Crippen LogP contribution in [0.1, 0.15) is 17.5 Å². The lowest BCUT2D eigenvalue weighted by Crippen LogP contribution is -2.23. The molecule has 25 heavy (non-hydrogen) atoms. The van der Waals surface area contributed by atoms with Crippen molar-refractivity contribution in [3.8, 4) is 11.1 Å². The highest BCUT2D eigenvalue weighted by atomic mass is 35.5. The Morgan fingerprint density at radius 1 is 1.16 bits per heavy atom. The Balaban J connectivity index is 1.52. The third-order valence-corrected chi connectivity index (χ3v) is 4.75. The quantitative estimate of drug-likeness (QED) is 0.670. The maximum atomic E-state index is 13.4. The lowest BCUT2D eigenvalue weighted by Gasteiger charge is -2.07. The van der Waals surface area contributed by atoms with Gasteiger partial charge in [0.05, 0.1) is 5.02 Å². The normalized spacial score (nSPS) is 10.6. The zero-order valence-corrected chi connectivity index (χ0v) is 14.9. The fourth-order valence-corrected chi connectivity index (χ4v) is 3.20. The summed E-state index contributed by atoms with van der Waals surface area (Å²) in [6.07, 6.45) is 4.30. The zero-order valence-electron chi connectivity index (χ0n) is 13.3. The summed E-state index contributed by atoms with van der Waals surface area (Å²) in [5.41, 5.74) is 3.84. The summed E-state index contributed by atoms with van der Waals surface area (Å²) in [7, 11) is 0. The van der Waals surface area contributed by atoms with Crippen molar-refractivity contribution >= 4 is 28.8 Å². The van der Waals surface area contributed by atoms with Crippen LogP contribution in [0.2, 0.25) is 5.02 Å². The van der Waals surface area contributed by atoms with Gasteiger partial charge >= 0.3 is 0 Å². The molecule has 2 aromatic heterocycles. The summed E-state index contributed by atoms with van der Waals surface area (Å²) in [5, 5.41) is 7.04. The molecule has 2 heterocycles. The zero-order chi connectivity index (χ0) is 17.6. The first kappa shape index (κ1) is 17.6. The van der Waals surface area contributed by atoms with Gasteiger partial charge in [-0.05, 0) is 58.1 Å². The number of benzene rings is 1. The second kappa shape index (κ2) is 8.23. The van der Waals surface area contributed by atoms with Crippen molar-refractivity contribution in [2.24, 2.45) is 0 Å². The standard InChI is InChI=1S/C19H16ClFN2OS/c20-17-3-1-13(8-18(17)21)2-4-19(24)23-10-14-7-16(11-22-9-14)15-5-6-25-12-15/h1,3,5-9,11-12H,2,4,10H2,(H,23,24). The van der Waals surface area contributed by atoms with Crippen LogP contribution in [-0.2, 0) is 17.8 Å². The largest absolute Gasteiger partial charge is 0.352 e. The summed E-state index contributed by atoms with van der Waals surface area (Å²) >= 11 is 7.28. The van der Waals surface area contributed by atoms with E-state index < -0.39 is 5.82 Å². The minimum absolute atomic E-state index is 0.0868. The predicted molar refractivity (Wildman–Crippen MR) is 99.1 cm³/mol. The molecule has 0 bridgehead atoms. The van der Waals surface area contributed by atoms with Crippen LogP contribution in [0.25, 0.3) is 11.1 Å². The van der Waals surface area contributed by atoms with Gasteiger partial charge < -0.3 is 5.32 Å². The van der Waals surface area contributed by atoms with Crippen LogP contribution in [0, 0.1) is 5.82 Å². The molecule has 0 atom stereocenters. The Kier molecular flexibility index (Phi) is 5.79. The van der Waals surface area contributed by atoms with E-state index in [1.807, 2.05) is 23.7 Å². The van der Waals surface area contributed by atoms with Gasteiger partial charge in [0.25, 0.3) is 0 Å². The number of pyridine rings is 1. The Morgan fingerprint density at radius 2 is 2.04 bits per heavy atom. The van der Waals surface area contributed by atoms with Crippen molar-refractivity contribution in [2.75, 3.05) is 0 Å². The monoisotopic (exact) mass is 374 g/mol. The molecule has 1 amide bonds. The molecule has 3 aromatic rings. The Morgan fingerprint density at radius 3 is 2.80 bits per heavy atom. The van der Waals surface area contributed by atoms with Crippen LogP contribution in [-0.4, -0.2) is 10.9 Å². The lowest BCUT2D eigenvalue weighted by atomic mass is 10.1. The minimum atomic E-state index is -0.462. The van der Waals surface area contributed by atoms with Gasteiger partial charge in [-0.1, -0.05) is 17.7 Å². The molecular formula is C19H16ClFN2OS. The van der Waals surface area contributed by atoms with E-state index in [0.29, 0.717) is 19.4 Å². The maximum Gasteiger partial charge on any atom is 0.220 e. The molecule has 0 aliphatic carbocycles. The van der Waals surface area contributed by atoms with Gasteiger partial charge in [0, 0.05) is 30.9 Å². The number of carbonyl (C=O) groups excluding carboxylic acids is 1. The number of hydrogen-bond donors (Lipinski definition) is 1. The van der Waals surface area contributed by atoms with Crippen molar-refractivity contribution in [3.05, 3.63) is 75.5 Å². The number of thiophene rings is 1. The van der Waals surface area contributed by atoms with Gasteiger partial charge in [-0.15, -0.1) is 0 Å². The van der Waals surface area contributed by atoms with Crippen LogP contribution in [0.15, 0.2) is 53.5 Å². The molecular weight excluding hydrogens is 359 g/mol. The van der Waals surface area contributed by atoms with Crippen LogP contribution >= 0.6 is 22.9 Å². The molecule has 0 saturated carbocycles. The molecule has 0 aliphatic rings. The first-order valence-corrected chi connectivity index (χ1v) is 9.11. The van der Waals surface area contributed by atoms with E-state index in [0.717, 1.165) is 22.3 Å². The molecule has 0 unspecified atom stereocenters. The minimum Gasteiger partial charge on any atom is -0.352 e. The lowest BCUT2D eigenvalue weighted by molar-refractivity contribution is -0.121. The molecule has 3 rings (SSSR count). The highest BCUT2D eigenvalue weighted by Crippen LogP contribution is 2.22. The second-order valence-corrected chi connectivity index (χ2v) is 6.81. The molecule has 0 aliphatic heterocycles. The van der Waals surface area contributed by atoms with Crippen molar-refractivity contribution in [2.45, 2.75) is 19.4 Å². The molecule has 0 saturated heterocycles. The first-order chi connectivity index (χ1) is 12.1. The number of rotatable bonds is 6. The molecule has 128 valence electrons. The van der Waals surface area contributed by atoms with Gasteiger partial charge in [0.2, 0.25) is 5.91 Å². The third kappa shape index (κ3) is 4.87. The number of aryl methyl sites for hydroxylation is 1. The number of halogens is 2. The number of aromatic nitrogens is 1. The number of carbonyl (C=O) groups is 1. The van der Waals surface area contributed by atoms with E-state index in [4.69, 9.17) is 11.6 Å². The predicted octanol–water partition coefficient (Wildman–Crippen LogP) is 4.85. The molecule has 0 spiro atoms. The van der Waals surface area contributed by atoms with Gasteiger partial charge in [-0.3, -0.25) is 9.78 Å². The second-order valence-electron chi connectivity index (χ2n) is 5.62. The summed E-state index contributed by atoms with van der Waals surface area (Å²) in [4.78, 5) is 16.2. The van der Waals surface area contributed by atoms with E-state index in [9.17, 15) is 9.18 Å². The van der Waals surface area contributed by atoms with Crippen molar-refractivity contribution < 1.29 is 9.18 Å². The first-order valence-electron chi connectivity index (χ1n) is 7.79. The maximum absolute atomic E-state index is 13.4. The molecule has 1 aromatic carbocycles. The van der Waals surface area contributed by atoms with E-state index >= 15 is 0 Å². The van der Waals surface area contributed by atoms with Gasteiger partial charge in [0.1, 0.15) is 5.82 Å². The number of nitrogens with one attached hydrogen (secondary N) is 1. The van der Waals surface area contributed by atoms with Gasteiger partial charge in [-0.2, -0.15) is 11.3 Å². The van der Waals surface area contributed by atoms with E-state index in [2.05, 4.69) is 15.7 Å². The van der Waals surface area contributed by atoms with Crippen LogP contribution in [0.4, 0.5) is 4.39 Å². The summed E-state index contributed by atoms with van der Waals surface area (Å²) in [6, 6.07) is 8.65. The Labute approximate surface area is 154 Å². The fraction of sp³-hybridized carbons (Fsp3) is 0.158. The highest BCUT2D eigenvalue weighted by molar-refractivity contribution is 7.08. The van der Waals surface area contributed by atoms with Crippen LogP contribution in [0.3, 0.4) is 0 Å². The number of hydrogen-bond acceptors (Lipinski definition) is 3. The molecule has 0 fully saturated rings. The fourth-order valence-electron chi connectivity index (χ4n) is 2.41. The summed E-state index contributed by atoms with van der Waals surface area (Å²) < 4.78 is 13.4. The smallest absolute Gasteiger partial charge is 0.220 e. The average molecular weight is 375 g/mol. The Bertz CT molecular complexity index is 868. The molecule has 0 radical (unpaired) electrons. The summed E-state index contributed by atoms with van der Waals surface area (Å²) in [6.45, 7) is 0.415. The van der Waals surface area contributed by atoms with Crippen LogP contribution < -0.4 is 5.32 Å². The number of amides is 1. The van der Waals surface area contributed by atoms with Crippen molar-refractivity contribution in [1.82, 2.24) is 10.3 Å². The molecule has 3 nitrogen and oxygen atoms in total.